The summed E-state index contributed by atoms with van der Waals surface area (Å²) in [6, 6.07) is 45.2. The molecule has 634 valence electrons. The number of ketones is 1. The van der Waals surface area contributed by atoms with E-state index in [1.165, 1.54) is 39.5 Å². The van der Waals surface area contributed by atoms with Gasteiger partial charge < -0.3 is 62.8 Å². The van der Waals surface area contributed by atoms with Crippen LogP contribution in [-0.2, 0) is 89.8 Å². The minimum absolute atomic E-state index is 0.00412. The van der Waals surface area contributed by atoms with Crippen LogP contribution in [0.2, 0.25) is 0 Å². The first kappa shape index (κ1) is 84.0. The Kier molecular flexibility index (Phi) is 24.2. The lowest BCUT2D eigenvalue weighted by atomic mass is 9.64. The van der Waals surface area contributed by atoms with Gasteiger partial charge in [0.15, 0.2) is 0 Å². The zero-order valence-corrected chi connectivity index (χ0v) is 70.9. The molecule has 8 aromatic rings. The Labute approximate surface area is 700 Å². The van der Waals surface area contributed by atoms with Crippen LogP contribution in [0.1, 0.15) is 144 Å². The quantitative estimate of drug-likeness (QED) is 0.0437. The van der Waals surface area contributed by atoms with E-state index in [2.05, 4.69) is 19.5 Å². The molecule has 27 nitrogen and oxygen atoms in total. The van der Waals surface area contributed by atoms with Gasteiger partial charge in [0.2, 0.25) is 23.6 Å². The third-order valence-electron chi connectivity index (χ3n) is 25.0. The summed E-state index contributed by atoms with van der Waals surface area (Å²) in [6.45, 7) is 7.89. The SMILES string of the molecule is COc1ccc(CN2C(=O)C3(CCC3)c3cc(NS(=O)(=O)c4ccccc4OC)cc(OC4CCN(C(C)=O)CC4)c32)cc1.COc1ccc(CN2C(=O)C3(CCC3)c3cc(NS(=O)(=O)c4ccccc4OC)cc(OC4CCNCC4)c32)cc1.COc1ccccc1S(=O)(=O)Nc1cc(OC2CCN(C(C)=O)CC2)c2c(c1)C1(CCC1)C(=O)C2. The molecule has 0 aromatic heterocycles. The van der Waals surface area contributed by atoms with E-state index in [0.717, 1.165) is 109 Å². The van der Waals surface area contributed by atoms with Crippen molar-refractivity contribution in [3.8, 4) is 46.0 Å². The first-order chi connectivity index (χ1) is 57.7. The number of carbonyl (C=O) groups is 5. The number of fused-ring (bicyclic) bond motifs is 6. The van der Waals surface area contributed by atoms with Gasteiger partial charge in [0, 0.05) is 95.9 Å². The van der Waals surface area contributed by atoms with Crippen LogP contribution in [0.15, 0.2) is 172 Å². The second kappa shape index (κ2) is 34.6. The number of likely N-dealkylation sites (tertiary alicyclic amines) is 2. The number of nitrogens with zero attached hydrogens (tertiary/aromatic N) is 4. The van der Waals surface area contributed by atoms with E-state index in [1.807, 2.05) is 59.5 Å². The number of para-hydroxylation sites is 3. The Morgan fingerprint density at radius 1 is 0.408 bits per heavy atom. The Morgan fingerprint density at radius 3 is 1.07 bits per heavy atom. The van der Waals surface area contributed by atoms with E-state index >= 15 is 0 Å². The van der Waals surface area contributed by atoms with Crippen LogP contribution < -0.4 is 67.2 Å². The molecular formula is C90H102N8O19S3. The lowest BCUT2D eigenvalue weighted by Crippen LogP contribution is -2.44. The van der Waals surface area contributed by atoms with E-state index in [-0.39, 0.29) is 79.7 Å². The lowest BCUT2D eigenvalue weighted by Gasteiger charge is -2.38. The molecule has 6 fully saturated rings. The number of carbonyl (C=O) groups excluding carboxylic acids is 5. The molecule has 4 amide bonds. The molecule has 120 heavy (non-hydrogen) atoms. The maximum absolute atomic E-state index is 14.2. The molecule has 4 N–H and O–H groups in total. The molecule has 0 bridgehead atoms. The number of Topliss-reactive ketones (excluding diaryl/α,β-unsaturated/α-hetero) is 1. The largest absolute Gasteiger partial charge is 0.497 e. The van der Waals surface area contributed by atoms with Crippen molar-refractivity contribution < 1.29 is 87.1 Å². The summed E-state index contributed by atoms with van der Waals surface area (Å²) >= 11 is 0. The van der Waals surface area contributed by atoms with Crippen molar-refractivity contribution in [2.75, 3.05) is 98.8 Å². The highest BCUT2D eigenvalue weighted by atomic mass is 32.2. The van der Waals surface area contributed by atoms with Crippen molar-refractivity contribution in [1.29, 1.82) is 0 Å². The normalized spacial score (nSPS) is 18.3. The van der Waals surface area contributed by atoms with Gasteiger partial charge in [0.05, 0.1) is 93.3 Å². The topological polar surface area (TPSA) is 323 Å². The lowest BCUT2D eigenvalue weighted by molar-refractivity contribution is -0.131. The monoisotopic (exact) mass is 1690 g/mol. The van der Waals surface area contributed by atoms with Gasteiger partial charge in [-0.3, -0.25) is 38.1 Å². The molecule has 5 aliphatic heterocycles. The van der Waals surface area contributed by atoms with Crippen LogP contribution in [0.25, 0.3) is 0 Å². The van der Waals surface area contributed by atoms with Crippen LogP contribution in [0.3, 0.4) is 0 Å². The summed E-state index contributed by atoms with van der Waals surface area (Å²) in [5, 5.41) is 3.36. The summed E-state index contributed by atoms with van der Waals surface area (Å²) in [6.07, 6.45) is 11.4. The summed E-state index contributed by atoms with van der Waals surface area (Å²) in [7, 11) is -4.42. The van der Waals surface area contributed by atoms with E-state index in [1.54, 1.807) is 128 Å². The van der Waals surface area contributed by atoms with Crippen LogP contribution in [0, 0.1) is 0 Å². The Balaban J connectivity index is 0.000000141. The van der Waals surface area contributed by atoms with E-state index in [9.17, 15) is 49.2 Å². The van der Waals surface area contributed by atoms with Gasteiger partial charge in [-0.25, -0.2) is 25.3 Å². The molecule has 4 aliphatic carbocycles. The van der Waals surface area contributed by atoms with Crippen LogP contribution in [0.5, 0.6) is 46.0 Å². The fourth-order valence-electron chi connectivity index (χ4n) is 18.1. The van der Waals surface area contributed by atoms with Crippen molar-refractivity contribution in [3.05, 3.63) is 191 Å². The number of piperidine rings is 3. The Bertz CT molecular complexity index is 5580. The number of ether oxygens (including phenoxy) is 8. The van der Waals surface area contributed by atoms with Crippen molar-refractivity contribution in [3.63, 3.8) is 0 Å². The molecule has 0 unspecified atom stereocenters. The number of rotatable bonds is 24. The van der Waals surface area contributed by atoms with Crippen molar-refractivity contribution >= 4 is 87.9 Å². The summed E-state index contributed by atoms with van der Waals surface area (Å²) < 4.78 is 135. The van der Waals surface area contributed by atoms with Gasteiger partial charge in [-0.15, -0.1) is 0 Å². The molecular weight excluding hydrogens is 1590 g/mol. The molecule has 5 heterocycles. The predicted octanol–water partition coefficient (Wildman–Crippen LogP) is 12.9. The summed E-state index contributed by atoms with van der Waals surface area (Å²) in [4.78, 5) is 72.3. The smallest absolute Gasteiger partial charge is 0.265 e. The number of hydrogen-bond acceptors (Lipinski definition) is 20. The van der Waals surface area contributed by atoms with Gasteiger partial charge in [-0.1, -0.05) is 79.9 Å². The van der Waals surface area contributed by atoms with Gasteiger partial charge >= 0.3 is 0 Å². The molecule has 17 rings (SSSR count). The minimum Gasteiger partial charge on any atom is -0.497 e. The third-order valence-corrected chi connectivity index (χ3v) is 29.3. The van der Waals surface area contributed by atoms with Crippen LogP contribution >= 0.6 is 0 Å². The fourth-order valence-corrected chi connectivity index (χ4v) is 21.7. The van der Waals surface area contributed by atoms with Gasteiger partial charge in [-0.2, -0.15) is 0 Å². The van der Waals surface area contributed by atoms with E-state index < -0.39 is 46.3 Å². The molecule has 30 heteroatoms. The van der Waals surface area contributed by atoms with Gasteiger partial charge in [-0.05, 0) is 171 Å². The second-order valence-corrected chi connectivity index (χ2v) is 37.1. The molecule has 0 atom stereocenters. The molecule has 3 spiro atoms. The summed E-state index contributed by atoms with van der Waals surface area (Å²) in [5.41, 5.74) is 5.77. The number of nitrogens with one attached hydrogen (secondary N) is 4. The second-order valence-electron chi connectivity index (χ2n) is 32.1. The zero-order valence-electron chi connectivity index (χ0n) is 68.5. The van der Waals surface area contributed by atoms with Gasteiger partial charge in [0.25, 0.3) is 30.1 Å². The summed E-state index contributed by atoms with van der Waals surface area (Å²) in [5.74, 6) is 4.03. The molecule has 0 radical (unpaired) electrons. The molecule has 3 saturated heterocycles. The maximum atomic E-state index is 14.2. The number of anilines is 5. The minimum atomic E-state index is -4.03. The Hall–Kier alpha value is -11.1. The van der Waals surface area contributed by atoms with Crippen LogP contribution in [0.4, 0.5) is 28.4 Å². The average molecular weight is 1700 g/mol. The number of sulfonamides is 3. The van der Waals surface area contributed by atoms with Crippen LogP contribution in [-0.4, -0.2) is 158 Å². The maximum Gasteiger partial charge on any atom is 0.265 e. The van der Waals surface area contributed by atoms with Crippen molar-refractivity contribution in [1.82, 2.24) is 15.1 Å². The molecule has 9 aliphatic rings. The first-order valence-electron chi connectivity index (χ1n) is 40.9. The van der Waals surface area contributed by atoms with Crippen molar-refractivity contribution in [2.24, 2.45) is 0 Å². The number of methoxy groups -OCH3 is 5. The molecule has 3 saturated carbocycles. The zero-order chi connectivity index (χ0) is 84.5. The van der Waals surface area contributed by atoms with Gasteiger partial charge in [0.1, 0.15) is 84.8 Å². The number of amides is 4. The van der Waals surface area contributed by atoms with E-state index in [0.29, 0.717) is 137 Å². The highest BCUT2D eigenvalue weighted by molar-refractivity contribution is 7.93. The standard InChI is InChI=1S/C33H37N3O7S.C31H35N3O6S.C26H30N2O6S/c1-22(37)35-17-13-26(14-18-35)43-29-20-24(34-44(39,40)30-8-5-4-7-28(30)42-3)19-27-31(29)36(32(38)33(27)15-6-16-33)21-23-9-11-25(41-2)12-10-23;1-38-23-10-8-21(9-11-23)20-34-29-25(31(30(34)35)14-5-15-31)18-22(19-27(29)40-24-12-16-32-17-13-24)33-41(36,37)28-7-4-3-6-26(28)39-2;1-17(29)28-12-8-19(9-13-28)34-23-15-18(14-21-20(23)16-25(30)26(21)10-5-11-26)27-35(31,32)24-7-4-3-6-22(24)33-2/h4-5,7-12,19-20,26,34H,6,13-18,21H2,1-3H3;3-4,6-11,18-19,24,32-33H,5,12-17,20H2,1-2H3;3-4,6-7,14-15,19,27H,5,8-13,16H2,1-2H3. The number of benzene rings is 8. The number of hydrogen-bond donors (Lipinski definition) is 4. The third kappa shape index (κ3) is 16.6. The highest BCUT2D eigenvalue weighted by Crippen LogP contribution is 2.60. The van der Waals surface area contributed by atoms with Crippen molar-refractivity contribution in [2.45, 2.75) is 179 Å². The van der Waals surface area contributed by atoms with E-state index in [4.69, 9.17) is 37.9 Å². The predicted molar refractivity (Wildman–Crippen MR) is 453 cm³/mol. The average Bonchev–Trinajstić information content (AvgIpc) is 1.55. The Morgan fingerprint density at radius 2 is 0.742 bits per heavy atom. The molecule has 8 aromatic carbocycles. The first-order valence-corrected chi connectivity index (χ1v) is 45.3. The fraction of sp³-hybridized carbons (Fsp3) is 0.411. The highest BCUT2D eigenvalue weighted by Gasteiger charge is 2.58.